The van der Waals surface area contributed by atoms with Crippen LogP contribution in [0.5, 0.6) is 0 Å². The molecule has 286 valence electrons. The van der Waals surface area contributed by atoms with E-state index in [1.807, 2.05) is 12.3 Å². The summed E-state index contributed by atoms with van der Waals surface area (Å²) >= 11 is 0. The maximum atomic E-state index is 4.81. The molecule has 0 atom stereocenters. The molecule has 1 aromatic heterocycles. The second-order valence-corrected chi connectivity index (χ2v) is 18.0. The minimum absolute atomic E-state index is 0.00580. The summed E-state index contributed by atoms with van der Waals surface area (Å²) in [5, 5.41) is 0. The Hall–Kier alpha value is -6.72. The molecule has 2 aliphatic rings. The Morgan fingerprint density at radius 1 is 0.424 bits per heavy atom. The predicted molar refractivity (Wildman–Crippen MR) is 250 cm³/mol. The molecule has 4 nitrogen and oxygen atoms in total. The fourth-order valence-electron chi connectivity index (χ4n) is 8.97. The molecule has 10 rings (SSSR count). The smallest absolute Gasteiger partial charge is 0.252 e. The van der Waals surface area contributed by atoms with Crippen molar-refractivity contribution >= 4 is 57.2 Å². The topological polar surface area (TPSA) is 32.3 Å². The fraction of sp³-hybridized carbons (Fsp3) is 0.148. The van der Waals surface area contributed by atoms with Crippen LogP contribution in [0.3, 0.4) is 0 Å². The molecule has 0 aliphatic carbocycles. The lowest BCUT2D eigenvalue weighted by Crippen LogP contribution is -2.61. The molecule has 0 N–H and O–H groups in total. The monoisotopic (exact) mass is 762 g/mol. The van der Waals surface area contributed by atoms with E-state index in [9.17, 15) is 0 Å². The largest absolute Gasteiger partial charge is 0.311 e. The number of rotatable bonds is 5. The van der Waals surface area contributed by atoms with Crippen molar-refractivity contribution in [2.45, 2.75) is 52.4 Å². The van der Waals surface area contributed by atoms with Gasteiger partial charge in [-0.15, -0.1) is 0 Å². The van der Waals surface area contributed by atoms with Gasteiger partial charge in [-0.25, -0.2) is 9.97 Å². The van der Waals surface area contributed by atoms with Crippen LogP contribution in [0.15, 0.2) is 176 Å². The van der Waals surface area contributed by atoms with Gasteiger partial charge in [-0.1, -0.05) is 151 Å². The van der Waals surface area contributed by atoms with E-state index >= 15 is 0 Å². The summed E-state index contributed by atoms with van der Waals surface area (Å²) in [6, 6.07) is 60.5. The van der Waals surface area contributed by atoms with Crippen molar-refractivity contribution in [1.82, 2.24) is 9.97 Å². The highest BCUT2D eigenvalue weighted by Crippen LogP contribution is 2.47. The van der Waals surface area contributed by atoms with Gasteiger partial charge in [0.05, 0.1) is 5.69 Å². The fourth-order valence-corrected chi connectivity index (χ4v) is 8.97. The van der Waals surface area contributed by atoms with E-state index < -0.39 is 0 Å². The molecule has 8 aromatic rings. The number of benzene rings is 7. The average Bonchev–Trinajstić information content (AvgIpc) is 3.26. The second kappa shape index (κ2) is 14.0. The summed E-state index contributed by atoms with van der Waals surface area (Å²) in [5.74, 6) is 0. The lowest BCUT2D eigenvalue weighted by molar-refractivity contribution is 0.590. The number of aromatic nitrogens is 2. The first-order valence-corrected chi connectivity index (χ1v) is 20.7. The third-order valence-electron chi connectivity index (χ3n) is 12.1. The van der Waals surface area contributed by atoms with Crippen LogP contribution in [-0.2, 0) is 10.8 Å². The summed E-state index contributed by atoms with van der Waals surface area (Å²) in [6.45, 7) is 13.9. The van der Waals surface area contributed by atoms with Crippen LogP contribution in [0.4, 0.5) is 34.1 Å². The highest BCUT2D eigenvalue weighted by atomic mass is 15.2. The van der Waals surface area contributed by atoms with E-state index in [0.717, 1.165) is 34.0 Å². The predicted octanol–water partition coefficient (Wildman–Crippen LogP) is 12.2. The molecule has 7 aromatic carbocycles. The van der Waals surface area contributed by atoms with Crippen LogP contribution >= 0.6 is 0 Å². The third kappa shape index (κ3) is 6.42. The lowest BCUT2D eigenvalue weighted by atomic mass is 9.33. The zero-order valence-corrected chi connectivity index (χ0v) is 34.6. The first kappa shape index (κ1) is 36.6. The van der Waals surface area contributed by atoms with Crippen LogP contribution in [0, 0.1) is 0 Å². The van der Waals surface area contributed by atoms with E-state index in [4.69, 9.17) is 4.98 Å². The van der Waals surface area contributed by atoms with Crippen molar-refractivity contribution < 1.29 is 0 Å². The molecule has 5 heteroatoms. The standard InChI is InChI=1S/C54H47BN4/c1-53(2,3)41-21-27-48-45(33-41)55-46-34-42(54(4,5)6)22-28-49(46)59(44-25-19-39(20-26-44)37-15-11-8-12-16-37)51-32-40(47-29-30-56-35-57-47)31-50(52(51)55)58(48)43-23-17-38(18-24-43)36-13-9-7-10-14-36/h7-35H,1-6H3. The number of nitrogens with zero attached hydrogens (tertiary/aromatic N) is 4. The quantitative estimate of drug-likeness (QED) is 0.164. The maximum Gasteiger partial charge on any atom is 0.252 e. The molecule has 0 fully saturated rings. The van der Waals surface area contributed by atoms with Gasteiger partial charge in [0.2, 0.25) is 0 Å². The van der Waals surface area contributed by atoms with Gasteiger partial charge in [-0.2, -0.15) is 0 Å². The zero-order valence-electron chi connectivity index (χ0n) is 34.6. The molecule has 0 radical (unpaired) electrons. The summed E-state index contributed by atoms with van der Waals surface area (Å²) in [6.07, 6.45) is 3.48. The van der Waals surface area contributed by atoms with Crippen molar-refractivity contribution in [2.24, 2.45) is 0 Å². The Morgan fingerprint density at radius 3 is 1.27 bits per heavy atom. The van der Waals surface area contributed by atoms with E-state index in [-0.39, 0.29) is 17.5 Å². The summed E-state index contributed by atoms with van der Waals surface area (Å²) in [4.78, 5) is 14.1. The van der Waals surface area contributed by atoms with Gasteiger partial charge in [-0.3, -0.25) is 0 Å². The number of fused-ring (bicyclic) bond motifs is 4. The van der Waals surface area contributed by atoms with Crippen molar-refractivity contribution in [2.75, 3.05) is 9.80 Å². The Kier molecular flexibility index (Phi) is 8.68. The van der Waals surface area contributed by atoms with Crippen LogP contribution in [0.2, 0.25) is 0 Å². The molecule has 3 heterocycles. The summed E-state index contributed by atoms with van der Waals surface area (Å²) < 4.78 is 0. The molecular formula is C54H47BN4. The molecule has 0 saturated heterocycles. The van der Waals surface area contributed by atoms with Crippen molar-refractivity contribution in [3.63, 3.8) is 0 Å². The molecule has 0 unspecified atom stereocenters. The van der Waals surface area contributed by atoms with E-state index in [1.165, 1.54) is 61.1 Å². The van der Waals surface area contributed by atoms with Gasteiger partial charge in [0, 0.05) is 45.9 Å². The van der Waals surface area contributed by atoms with Gasteiger partial charge >= 0.3 is 0 Å². The van der Waals surface area contributed by atoms with E-state index in [1.54, 1.807) is 6.33 Å². The van der Waals surface area contributed by atoms with Crippen LogP contribution in [0.25, 0.3) is 33.5 Å². The highest BCUT2D eigenvalue weighted by Gasteiger charge is 2.44. The first-order chi connectivity index (χ1) is 28.5. The third-order valence-corrected chi connectivity index (χ3v) is 12.1. The molecule has 2 aliphatic heterocycles. The minimum atomic E-state index is -0.0333. The molecule has 0 bridgehead atoms. The Balaban J connectivity index is 1.28. The number of hydrogen-bond donors (Lipinski definition) is 0. The Labute approximate surface area is 349 Å². The lowest BCUT2D eigenvalue weighted by Gasteiger charge is -2.45. The molecule has 59 heavy (non-hydrogen) atoms. The molecular weight excluding hydrogens is 715 g/mol. The molecule has 0 amide bonds. The second-order valence-electron chi connectivity index (χ2n) is 18.0. The summed E-state index contributed by atoms with van der Waals surface area (Å²) in [7, 11) is 0. The van der Waals surface area contributed by atoms with E-state index in [0.29, 0.717) is 0 Å². The van der Waals surface area contributed by atoms with Gasteiger partial charge in [-0.05, 0) is 115 Å². The zero-order chi connectivity index (χ0) is 40.5. The number of hydrogen-bond acceptors (Lipinski definition) is 4. The molecule has 0 saturated carbocycles. The Bertz CT molecular complexity index is 2650. The van der Waals surface area contributed by atoms with Crippen LogP contribution in [-0.4, -0.2) is 16.7 Å². The average molecular weight is 763 g/mol. The maximum absolute atomic E-state index is 4.81. The highest BCUT2D eigenvalue weighted by molar-refractivity contribution is 7.00. The first-order valence-electron chi connectivity index (χ1n) is 20.7. The normalized spacial score (nSPS) is 13.2. The minimum Gasteiger partial charge on any atom is -0.311 e. The van der Waals surface area contributed by atoms with Crippen molar-refractivity contribution in [3.05, 3.63) is 187 Å². The molecule has 0 spiro atoms. The summed E-state index contributed by atoms with van der Waals surface area (Å²) in [5.41, 5.74) is 20.2. The van der Waals surface area contributed by atoms with Crippen molar-refractivity contribution in [1.29, 1.82) is 0 Å². The van der Waals surface area contributed by atoms with Gasteiger partial charge < -0.3 is 9.80 Å². The van der Waals surface area contributed by atoms with Gasteiger partial charge in [0.25, 0.3) is 6.71 Å². The van der Waals surface area contributed by atoms with Crippen molar-refractivity contribution in [3.8, 4) is 33.5 Å². The van der Waals surface area contributed by atoms with Crippen LogP contribution < -0.4 is 26.2 Å². The van der Waals surface area contributed by atoms with Crippen LogP contribution in [0.1, 0.15) is 52.7 Å². The SMILES string of the molecule is CC(C)(C)c1ccc2c(c1)B1c3cc(C(C)(C)C)ccc3N(c3ccc(-c4ccccc4)cc3)c3cc(-c4ccncn4)cc(c31)N2c1ccc(-c2ccccc2)cc1. The van der Waals surface area contributed by atoms with E-state index in [2.05, 4.69) is 214 Å². The van der Waals surface area contributed by atoms with Gasteiger partial charge in [0.15, 0.2) is 0 Å². The van der Waals surface area contributed by atoms with Gasteiger partial charge in [0.1, 0.15) is 6.33 Å². The number of anilines is 6. The Morgan fingerprint density at radius 2 is 0.864 bits per heavy atom.